The monoisotopic (exact) mass is 278 g/mol. The van der Waals surface area contributed by atoms with Gasteiger partial charge in [-0.25, -0.2) is 0 Å². The Labute approximate surface area is 118 Å². The lowest BCUT2D eigenvalue weighted by molar-refractivity contribution is -0.189. The second kappa shape index (κ2) is 3.75. The molecule has 4 bridgehead atoms. The Balaban J connectivity index is 1.93. The summed E-state index contributed by atoms with van der Waals surface area (Å²) in [6, 6.07) is 0.0468. The summed E-state index contributed by atoms with van der Waals surface area (Å²) >= 11 is 0. The Bertz CT molecular complexity index is 494. The van der Waals surface area contributed by atoms with E-state index in [2.05, 4.69) is 5.32 Å². The number of aliphatic hydroxyl groups excluding tert-OH is 1. The number of amides is 2. The number of carbonyl (C=O) groups is 2. The lowest BCUT2D eigenvalue weighted by atomic mass is 9.50. The SMILES string of the molecule is CN1C(=O)[C@@]23CCC[C@@H](O)[C@@]24CC[C@H](C(=O)N4)[C@@H]1CC3. The maximum Gasteiger partial charge on any atom is 0.231 e. The number of piperidine rings is 2. The molecule has 7 aliphatic rings. The van der Waals surface area contributed by atoms with E-state index in [0.29, 0.717) is 6.42 Å². The minimum Gasteiger partial charge on any atom is -0.391 e. The highest BCUT2D eigenvalue weighted by Crippen LogP contribution is 2.58. The number of hydrogen-bond acceptors (Lipinski definition) is 3. The summed E-state index contributed by atoms with van der Waals surface area (Å²) in [5, 5.41) is 13.8. The molecule has 0 unspecified atom stereocenters. The lowest BCUT2D eigenvalue weighted by Gasteiger charge is -2.64. The van der Waals surface area contributed by atoms with Gasteiger partial charge in [0.15, 0.2) is 0 Å². The van der Waals surface area contributed by atoms with Crippen molar-refractivity contribution in [2.45, 2.75) is 62.6 Å². The van der Waals surface area contributed by atoms with Crippen LogP contribution >= 0.6 is 0 Å². The van der Waals surface area contributed by atoms with Crippen LogP contribution in [0.25, 0.3) is 0 Å². The lowest BCUT2D eigenvalue weighted by Crippen LogP contribution is -2.79. The highest BCUT2D eigenvalue weighted by atomic mass is 16.3. The van der Waals surface area contributed by atoms with E-state index in [-0.39, 0.29) is 23.8 Å². The average Bonchev–Trinajstić information content (AvgIpc) is 2.40. The van der Waals surface area contributed by atoms with E-state index < -0.39 is 17.1 Å². The van der Waals surface area contributed by atoms with Crippen molar-refractivity contribution >= 4 is 11.8 Å². The minimum atomic E-state index is -0.713. The predicted octanol–water partition coefficient (Wildman–Crippen LogP) is 0.417. The summed E-state index contributed by atoms with van der Waals surface area (Å²) in [7, 11) is 1.84. The molecule has 5 aliphatic heterocycles. The Morgan fingerprint density at radius 1 is 1.20 bits per heavy atom. The number of rotatable bonds is 0. The maximum absolute atomic E-state index is 13.0. The molecule has 2 N–H and O–H groups in total. The molecule has 2 saturated carbocycles. The Hall–Kier alpha value is -1.10. The summed E-state index contributed by atoms with van der Waals surface area (Å²) in [4.78, 5) is 27.3. The zero-order chi connectivity index (χ0) is 14.1. The van der Waals surface area contributed by atoms with E-state index in [1.807, 2.05) is 11.9 Å². The third-order valence-corrected chi connectivity index (χ3v) is 6.60. The number of aliphatic hydroxyl groups is 1. The van der Waals surface area contributed by atoms with Gasteiger partial charge in [-0.3, -0.25) is 9.59 Å². The van der Waals surface area contributed by atoms with Crippen LogP contribution in [0.5, 0.6) is 0 Å². The van der Waals surface area contributed by atoms with E-state index in [9.17, 15) is 14.7 Å². The molecule has 7 fully saturated rings. The van der Waals surface area contributed by atoms with Crippen LogP contribution < -0.4 is 5.32 Å². The molecule has 5 heterocycles. The van der Waals surface area contributed by atoms with Crippen molar-refractivity contribution in [1.82, 2.24) is 10.2 Å². The van der Waals surface area contributed by atoms with Crippen LogP contribution in [0, 0.1) is 11.3 Å². The summed E-state index contributed by atoms with van der Waals surface area (Å²) in [5.41, 5.74) is -1.29. The second-order valence-corrected chi connectivity index (χ2v) is 7.12. The first-order valence-corrected chi connectivity index (χ1v) is 7.79. The summed E-state index contributed by atoms with van der Waals surface area (Å²) < 4.78 is 0. The largest absolute Gasteiger partial charge is 0.391 e. The second-order valence-electron chi connectivity index (χ2n) is 7.12. The van der Waals surface area contributed by atoms with Gasteiger partial charge in [-0.05, 0) is 44.9 Å². The Morgan fingerprint density at radius 3 is 2.75 bits per heavy atom. The standard InChI is InChI=1S/C15H22N2O3/c1-17-10-5-7-14(13(17)20)6-2-3-11(18)15(14)8-4-9(10)12(19)16-15/h9-11,18H,2-8H2,1H3,(H,16,19)/t9-,10-,11+,14-,15-/m0/s1. The van der Waals surface area contributed by atoms with Gasteiger partial charge < -0.3 is 15.3 Å². The Kier molecular flexibility index (Phi) is 2.37. The van der Waals surface area contributed by atoms with Crippen molar-refractivity contribution < 1.29 is 14.7 Å². The molecule has 2 spiro atoms. The third-order valence-electron chi connectivity index (χ3n) is 6.60. The van der Waals surface area contributed by atoms with Gasteiger partial charge in [0.05, 0.1) is 23.0 Å². The molecule has 20 heavy (non-hydrogen) atoms. The van der Waals surface area contributed by atoms with E-state index >= 15 is 0 Å². The van der Waals surface area contributed by atoms with Gasteiger partial charge in [0, 0.05) is 13.1 Å². The maximum atomic E-state index is 13.0. The number of hydrogen-bond donors (Lipinski definition) is 2. The average molecular weight is 278 g/mol. The molecule has 5 atom stereocenters. The minimum absolute atomic E-state index is 0.0468. The molecule has 0 aromatic carbocycles. The van der Waals surface area contributed by atoms with Gasteiger partial charge in [0.1, 0.15) is 0 Å². The van der Waals surface area contributed by atoms with Crippen LogP contribution in [0.15, 0.2) is 0 Å². The zero-order valence-electron chi connectivity index (χ0n) is 11.9. The summed E-state index contributed by atoms with van der Waals surface area (Å²) in [6.45, 7) is 0. The molecule has 0 aromatic rings. The number of nitrogens with one attached hydrogen (secondary N) is 1. The fraction of sp³-hybridized carbons (Fsp3) is 0.867. The first kappa shape index (κ1) is 12.6. The van der Waals surface area contributed by atoms with E-state index in [4.69, 9.17) is 0 Å². The third kappa shape index (κ3) is 1.19. The van der Waals surface area contributed by atoms with Crippen molar-refractivity contribution in [2.75, 3.05) is 7.05 Å². The van der Waals surface area contributed by atoms with Crippen LogP contribution in [0.1, 0.15) is 44.9 Å². The highest BCUT2D eigenvalue weighted by Gasteiger charge is 2.68. The fourth-order valence-electron chi connectivity index (χ4n) is 5.55. The normalized spacial score (nSPS) is 50.5. The van der Waals surface area contributed by atoms with Gasteiger partial charge >= 0.3 is 0 Å². The molecule has 7 rings (SSSR count). The molecule has 5 heteroatoms. The molecule has 110 valence electrons. The van der Waals surface area contributed by atoms with Gasteiger partial charge in [0.2, 0.25) is 11.8 Å². The number of nitrogens with zero attached hydrogens (tertiary/aromatic N) is 1. The Morgan fingerprint density at radius 2 is 2.00 bits per heavy atom. The number of carbonyl (C=O) groups excluding carboxylic acids is 2. The molecular formula is C15H22N2O3. The molecule has 2 amide bonds. The molecule has 0 radical (unpaired) electrons. The van der Waals surface area contributed by atoms with Gasteiger partial charge in [0.25, 0.3) is 0 Å². The van der Waals surface area contributed by atoms with E-state index in [1.165, 1.54) is 0 Å². The zero-order valence-corrected chi connectivity index (χ0v) is 11.9. The smallest absolute Gasteiger partial charge is 0.231 e. The molecule has 2 aliphatic carbocycles. The van der Waals surface area contributed by atoms with Gasteiger partial charge in [-0.15, -0.1) is 0 Å². The van der Waals surface area contributed by atoms with Crippen LogP contribution in [-0.4, -0.2) is 46.6 Å². The van der Waals surface area contributed by atoms with E-state index in [0.717, 1.165) is 38.5 Å². The summed E-state index contributed by atoms with van der Waals surface area (Å²) in [5.74, 6) is 0.102. The van der Waals surface area contributed by atoms with Crippen LogP contribution in [0.2, 0.25) is 0 Å². The van der Waals surface area contributed by atoms with Crippen LogP contribution in [0.4, 0.5) is 0 Å². The highest BCUT2D eigenvalue weighted by molar-refractivity contribution is 5.91. The molecule has 0 aromatic heterocycles. The van der Waals surface area contributed by atoms with E-state index in [1.54, 1.807) is 0 Å². The topological polar surface area (TPSA) is 69.6 Å². The first-order valence-electron chi connectivity index (χ1n) is 7.79. The van der Waals surface area contributed by atoms with Crippen LogP contribution in [-0.2, 0) is 9.59 Å². The van der Waals surface area contributed by atoms with Crippen molar-refractivity contribution in [3.8, 4) is 0 Å². The summed E-state index contributed by atoms with van der Waals surface area (Å²) in [6.07, 6.45) is 5.02. The molecule has 5 nitrogen and oxygen atoms in total. The van der Waals surface area contributed by atoms with Crippen molar-refractivity contribution in [3.05, 3.63) is 0 Å². The first-order chi connectivity index (χ1) is 9.52. The molecule has 5 saturated heterocycles. The van der Waals surface area contributed by atoms with Crippen LogP contribution in [0.3, 0.4) is 0 Å². The van der Waals surface area contributed by atoms with Crippen molar-refractivity contribution in [2.24, 2.45) is 11.3 Å². The molecular weight excluding hydrogens is 256 g/mol. The van der Waals surface area contributed by atoms with Crippen molar-refractivity contribution in [3.63, 3.8) is 0 Å². The van der Waals surface area contributed by atoms with Gasteiger partial charge in [-0.2, -0.15) is 0 Å². The fourth-order valence-corrected chi connectivity index (χ4v) is 5.55. The van der Waals surface area contributed by atoms with Gasteiger partial charge in [-0.1, -0.05) is 0 Å². The van der Waals surface area contributed by atoms with Crippen molar-refractivity contribution in [1.29, 1.82) is 0 Å². The quantitative estimate of drug-likeness (QED) is 0.674. The predicted molar refractivity (Wildman–Crippen MR) is 71.7 cm³/mol.